The van der Waals surface area contributed by atoms with E-state index in [-0.39, 0.29) is 0 Å². The van der Waals surface area contributed by atoms with Gasteiger partial charge in [-0.25, -0.2) is 0 Å². The van der Waals surface area contributed by atoms with E-state index in [9.17, 15) is 0 Å². The van der Waals surface area contributed by atoms with E-state index < -0.39 is 0 Å². The second-order valence-corrected chi connectivity index (χ2v) is 35.8. The van der Waals surface area contributed by atoms with E-state index >= 15 is 0 Å². The Morgan fingerprint density at radius 2 is 0.297 bits per heavy atom. The molecular formula is C132H88N6. The zero-order chi connectivity index (χ0) is 91.1. The largest absolute Gasteiger partial charge is 0.309 e. The van der Waals surface area contributed by atoms with Gasteiger partial charge in [0.1, 0.15) is 0 Å². The van der Waals surface area contributed by atoms with E-state index in [4.69, 9.17) is 0 Å². The lowest BCUT2D eigenvalue weighted by atomic mass is 9.98. The smallest absolute Gasteiger partial charge is 0.0641 e. The van der Waals surface area contributed by atoms with Gasteiger partial charge in [0, 0.05) is 98.8 Å². The van der Waals surface area contributed by atoms with Gasteiger partial charge in [-0.05, 0) is 223 Å². The Morgan fingerprint density at radius 3 is 0.623 bits per heavy atom. The van der Waals surface area contributed by atoms with Gasteiger partial charge < -0.3 is 27.4 Å². The number of fused-ring (bicyclic) bond motifs is 21. The molecule has 646 valence electrons. The molecule has 0 aliphatic carbocycles. The van der Waals surface area contributed by atoms with Crippen LogP contribution >= 0.6 is 0 Å². The number of hydrogen-bond donors (Lipinski definition) is 0. The Kier molecular flexibility index (Phi) is 19.9. The van der Waals surface area contributed by atoms with Crippen molar-refractivity contribution in [3.63, 3.8) is 0 Å². The molecule has 0 aliphatic rings. The van der Waals surface area contributed by atoms with Crippen LogP contribution in [-0.2, 0) is 0 Å². The average Bonchev–Trinajstić information content (AvgIpc) is 1.55. The summed E-state index contributed by atoms with van der Waals surface area (Å²) in [6, 6.07) is 193. The second kappa shape index (κ2) is 34.0. The predicted octanol–water partition coefficient (Wildman–Crippen LogP) is 35.3. The Bertz CT molecular complexity index is 9480. The van der Waals surface area contributed by atoms with Gasteiger partial charge in [0.25, 0.3) is 0 Å². The van der Waals surface area contributed by atoms with Crippen molar-refractivity contribution in [3.05, 3.63) is 534 Å². The van der Waals surface area contributed by atoms with Gasteiger partial charge in [0.15, 0.2) is 0 Å². The summed E-state index contributed by atoms with van der Waals surface area (Å²) in [6.45, 7) is 0. The van der Waals surface area contributed by atoms with Crippen molar-refractivity contribution < 1.29 is 0 Å². The van der Waals surface area contributed by atoms with Crippen molar-refractivity contribution in [1.82, 2.24) is 27.4 Å². The highest BCUT2D eigenvalue weighted by molar-refractivity contribution is 6.29. The quantitative estimate of drug-likeness (QED) is 0.110. The first kappa shape index (κ1) is 80.5. The number of benzene rings is 22. The molecule has 138 heavy (non-hydrogen) atoms. The first-order valence-electron chi connectivity index (χ1n) is 47.4. The summed E-state index contributed by atoms with van der Waals surface area (Å²) in [6.07, 6.45) is 0. The molecule has 0 unspecified atom stereocenters. The summed E-state index contributed by atoms with van der Waals surface area (Å²) < 4.78 is 14.7. The van der Waals surface area contributed by atoms with E-state index in [1.807, 2.05) is 0 Å². The lowest BCUT2D eigenvalue weighted by Gasteiger charge is -2.14. The molecule has 28 rings (SSSR count). The molecule has 6 aromatic heterocycles. The maximum absolute atomic E-state index is 2.46. The van der Waals surface area contributed by atoms with Crippen LogP contribution in [0.4, 0.5) is 0 Å². The summed E-state index contributed by atoms with van der Waals surface area (Å²) in [5.41, 5.74) is 38.5. The molecule has 0 fully saturated rings. The lowest BCUT2D eigenvalue weighted by Crippen LogP contribution is -1.96. The van der Waals surface area contributed by atoms with Gasteiger partial charge in [0.2, 0.25) is 0 Å². The normalized spacial score (nSPS) is 11.6. The Labute approximate surface area is 798 Å². The highest BCUT2D eigenvalue weighted by Gasteiger charge is 2.27. The van der Waals surface area contributed by atoms with Gasteiger partial charge in [-0.2, -0.15) is 0 Å². The average molecular weight is 1760 g/mol. The van der Waals surface area contributed by atoms with Crippen molar-refractivity contribution in [2.24, 2.45) is 0 Å². The van der Waals surface area contributed by atoms with Gasteiger partial charge >= 0.3 is 0 Å². The topological polar surface area (TPSA) is 29.6 Å². The minimum atomic E-state index is 1.15. The van der Waals surface area contributed by atoms with Crippen LogP contribution in [0.2, 0.25) is 0 Å². The van der Waals surface area contributed by atoms with Gasteiger partial charge in [0.05, 0.1) is 66.2 Å². The molecular weight excluding hydrogens is 1670 g/mol. The third-order valence-corrected chi connectivity index (χ3v) is 27.9. The van der Waals surface area contributed by atoms with E-state index in [1.54, 1.807) is 0 Å². The van der Waals surface area contributed by atoms with Gasteiger partial charge in [-0.1, -0.05) is 388 Å². The van der Waals surface area contributed by atoms with Crippen LogP contribution in [0.1, 0.15) is 0 Å². The second-order valence-electron chi connectivity index (χ2n) is 35.8. The highest BCUT2D eigenvalue weighted by atomic mass is 15.0. The van der Waals surface area contributed by atoms with E-state index in [2.05, 4.69) is 561 Å². The molecule has 6 heteroatoms. The Hall–Kier alpha value is -18.4. The van der Waals surface area contributed by atoms with Crippen LogP contribution < -0.4 is 0 Å². The van der Waals surface area contributed by atoms with E-state index in [0.29, 0.717) is 0 Å². The molecule has 0 bridgehead atoms. The molecule has 0 saturated carbocycles. The number of nitrogens with zero attached hydrogens (tertiary/aromatic N) is 6. The third-order valence-electron chi connectivity index (χ3n) is 27.9. The lowest BCUT2D eigenvalue weighted by molar-refractivity contribution is 1.17. The number of para-hydroxylation sites is 8. The summed E-state index contributed by atoms with van der Waals surface area (Å²) in [4.78, 5) is 0. The van der Waals surface area contributed by atoms with Crippen LogP contribution in [0.3, 0.4) is 0 Å². The minimum Gasteiger partial charge on any atom is -0.309 e. The molecule has 0 aliphatic heterocycles. The molecule has 6 heterocycles. The number of hydrogen-bond acceptors (Lipinski definition) is 0. The fraction of sp³-hybridized carbons (Fsp3) is 0. The van der Waals surface area contributed by atoms with E-state index in [1.165, 1.54) is 220 Å². The molecule has 0 saturated heterocycles. The highest BCUT2D eigenvalue weighted by Crippen LogP contribution is 2.48. The maximum Gasteiger partial charge on any atom is 0.0641 e. The Balaban J connectivity index is 0.000000107. The molecule has 6 nitrogen and oxygen atoms in total. The van der Waals surface area contributed by atoms with Crippen molar-refractivity contribution in [2.75, 3.05) is 0 Å². The molecule has 0 amide bonds. The van der Waals surface area contributed by atoms with Crippen molar-refractivity contribution in [2.45, 2.75) is 0 Å². The number of aromatic nitrogens is 6. The van der Waals surface area contributed by atoms with Gasteiger partial charge in [-0.15, -0.1) is 0 Å². The standard InChI is InChI=1S/C48H32N2.2C42H28N2/c1-3-13-33(14-4-1)35-25-27-39(28-26-35)50-44-23-9-7-21-41(44)42-29-30-46-47(48(42)50)43-22-8-10-24-45(43)49(46)40-20-12-19-38(32-40)37-18-11-17-36(31-37)34-15-5-2-6-16-34;1-4-14-29(15-5-1)31-26-32(30-16-6-2-7-17-30)28-34(27-31)43-39-23-13-11-21-37(39)41-40(43)25-24-36-35-20-10-12-22-38(35)44(42(36)41)33-18-8-3-9-19-33;1-3-13-29(14-4-1)30-15-11-16-31(27-30)32-17-12-20-34(28-32)43-39-24-10-8-22-37(39)41-40(43)26-25-36-35-21-7-9-23-38(35)44(42(36)41)33-18-5-2-6-19-33/h1-32H;2*1-28H. The molecule has 0 atom stereocenters. The van der Waals surface area contributed by atoms with Crippen molar-refractivity contribution in [1.29, 1.82) is 0 Å². The first-order valence-corrected chi connectivity index (χ1v) is 47.4. The first-order chi connectivity index (χ1) is 68.5. The predicted molar refractivity (Wildman–Crippen MR) is 583 cm³/mol. The van der Waals surface area contributed by atoms with Crippen LogP contribution in [0, 0.1) is 0 Å². The zero-order valence-corrected chi connectivity index (χ0v) is 75.5. The van der Waals surface area contributed by atoms with Crippen LogP contribution in [0.25, 0.3) is 243 Å². The molecule has 28 aromatic rings. The summed E-state index contributed by atoms with van der Waals surface area (Å²) in [7, 11) is 0. The van der Waals surface area contributed by atoms with Crippen LogP contribution in [0.15, 0.2) is 534 Å². The number of rotatable bonds is 13. The monoisotopic (exact) mass is 1760 g/mol. The molecule has 0 N–H and O–H groups in total. The molecule has 0 radical (unpaired) electrons. The van der Waals surface area contributed by atoms with Crippen molar-refractivity contribution in [3.8, 4) is 112 Å². The summed E-state index contributed by atoms with van der Waals surface area (Å²) in [5.74, 6) is 0. The van der Waals surface area contributed by atoms with E-state index in [0.717, 1.165) is 22.7 Å². The summed E-state index contributed by atoms with van der Waals surface area (Å²) >= 11 is 0. The van der Waals surface area contributed by atoms with Crippen molar-refractivity contribution >= 4 is 131 Å². The van der Waals surface area contributed by atoms with Crippen LogP contribution in [0.5, 0.6) is 0 Å². The minimum absolute atomic E-state index is 1.15. The third kappa shape index (κ3) is 13.8. The maximum atomic E-state index is 2.46. The Morgan fingerprint density at radius 1 is 0.0942 bits per heavy atom. The SMILES string of the molecule is c1ccc(-c2cc(-c3ccccc3)cc(-n3c4ccccc4c4c3ccc3c5ccccc5n(-c5ccccc5)c34)c2)cc1.c1ccc(-c2ccc(-n3c4ccccc4c4ccc5c(c6ccccc6n5-c5cccc(-c6cccc(-c7ccccc7)c6)c5)c43)cc2)cc1.c1ccc(-c2cccc(-c3cccc(-n4c5ccccc5c5c4ccc4c6ccccc6n(-c6ccccc6)c45)c3)c2)cc1. The molecule has 0 spiro atoms. The zero-order valence-electron chi connectivity index (χ0n) is 75.5. The van der Waals surface area contributed by atoms with Gasteiger partial charge in [-0.3, -0.25) is 0 Å². The fourth-order valence-electron chi connectivity index (χ4n) is 21.8. The van der Waals surface area contributed by atoms with Crippen LogP contribution in [-0.4, -0.2) is 27.4 Å². The molecule has 22 aromatic carbocycles. The summed E-state index contributed by atoms with van der Waals surface area (Å²) in [5, 5.41) is 15.1. The fourth-order valence-corrected chi connectivity index (χ4v) is 21.8.